The van der Waals surface area contributed by atoms with E-state index in [1.165, 1.54) is 4.90 Å². The second-order valence-electron chi connectivity index (χ2n) is 4.04. The molecule has 0 radical (unpaired) electrons. The standard InChI is InChI=1S/C14H16N2O3/c1-3-16-13(17)12(15-14(16)18)9-10-5-7-11(8-6-10)19-4-2/h5-9H,3-4H2,1-2H3,(H,15,18)/b12-9+. The minimum absolute atomic E-state index is 0.290. The summed E-state index contributed by atoms with van der Waals surface area (Å²) >= 11 is 0. The van der Waals surface area contributed by atoms with Crippen molar-refractivity contribution in [2.75, 3.05) is 13.2 Å². The van der Waals surface area contributed by atoms with Crippen LogP contribution in [0.25, 0.3) is 6.08 Å². The Morgan fingerprint density at radius 2 is 1.89 bits per heavy atom. The number of carbonyl (C=O) groups excluding carboxylic acids is 2. The number of imide groups is 1. The molecule has 0 saturated carbocycles. The maximum Gasteiger partial charge on any atom is 0.328 e. The highest BCUT2D eigenvalue weighted by Crippen LogP contribution is 2.17. The third kappa shape index (κ3) is 2.76. The highest BCUT2D eigenvalue weighted by molar-refractivity contribution is 6.13. The fourth-order valence-electron chi connectivity index (χ4n) is 1.85. The topological polar surface area (TPSA) is 58.6 Å². The minimum atomic E-state index is -0.371. The van der Waals surface area contributed by atoms with Crippen molar-refractivity contribution in [1.82, 2.24) is 10.2 Å². The lowest BCUT2D eigenvalue weighted by molar-refractivity contribution is -0.122. The number of amides is 3. The van der Waals surface area contributed by atoms with E-state index in [4.69, 9.17) is 4.74 Å². The van der Waals surface area contributed by atoms with Gasteiger partial charge < -0.3 is 10.1 Å². The van der Waals surface area contributed by atoms with Crippen LogP contribution in [0.15, 0.2) is 30.0 Å². The van der Waals surface area contributed by atoms with Gasteiger partial charge in [0.2, 0.25) is 0 Å². The van der Waals surface area contributed by atoms with Crippen molar-refractivity contribution in [2.45, 2.75) is 13.8 Å². The maximum atomic E-state index is 11.9. The summed E-state index contributed by atoms with van der Waals surface area (Å²) in [5, 5.41) is 2.56. The number of hydrogen-bond acceptors (Lipinski definition) is 3. The fraction of sp³-hybridized carbons (Fsp3) is 0.286. The molecule has 1 aliphatic rings. The number of urea groups is 1. The van der Waals surface area contributed by atoms with Gasteiger partial charge in [0, 0.05) is 6.54 Å². The van der Waals surface area contributed by atoms with Gasteiger partial charge in [-0.1, -0.05) is 12.1 Å². The van der Waals surface area contributed by atoms with Crippen molar-refractivity contribution < 1.29 is 14.3 Å². The molecule has 100 valence electrons. The zero-order valence-corrected chi connectivity index (χ0v) is 11.0. The molecule has 0 spiro atoms. The molecule has 0 aromatic heterocycles. The number of nitrogens with zero attached hydrogens (tertiary/aromatic N) is 1. The van der Waals surface area contributed by atoms with Gasteiger partial charge in [0.25, 0.3) is 5.91 Å². The van der Waals surface area contributed by atoms with Gasteiger partial charge in [-0.2, -0.15) is 0 Å². The lowest BCUT2D eigenvalue weighted by atomic mass is 10.2. The molecule has 3 amide bonds. The van der Waals surface area contributed by atoms with E-state index >= 15 is 0 Å². The maximum absolute atomic E-state index is 11.9. The molecule has 1 heterocycles. The summed E-state index contributed by atoms with van der Waals surface area (Å²) in [4.78, 5) is 24.5. The van der Waals surface area contributed by atoms with E-state index in [1.807, 2.05) is 31.2 Å². The van der Waals surface area contributed by atoms with Crippen LogP contribution in [-0.4, -0.2) is 30.0 Å². The molecule has 1 saturated heterocycles. The fourth-order valence-corrected chi connectivity index (χ4v) is 1.85. The van der Waals surface area contributed by atoms with Crippen LogP contribution in [-0.2, 0) is 4.79 Å². The molecule has 0 aliphatic carbocycles. The molecule has 0 unspecified atom stereocenters. The summed E-state index contributed by atoms with van der Waals surface area (Å²) < 4.78 is 5.34. The largest absolute Gasteiger partial charge is 0.494 e. The quantitative estimate of drug-likeness (QED) is 0.665. The van der Waals surface area contributed by atoms with Gasteiger partial charge in [0.15, 0.2) is 0 Å². The van der Waals surface area contributed by atoms with Crippen LogP contribution < -0.4 is 10.1 Å². The molecule has 5 heteroatoms. The smallest absolute Gasteiger partial charge is 0.328 e. The summed E-state index contributed by atoms with van der Waals surface area (Å²) in [6.07, 6.45) is 1.66. The van der Waals surface area contributed by atoms with E-state index in [9.17, 15) is 9.59 Å². The third-order valence-corrected chi connectivity index (χ3v) is 2.78. The lowest BCUT2D eigenvalue weighted by Gasteiger charge is -2.06. The predicted molar refractivity (Wildman–Crippen MR) is 71.5 cm³/mol. The van der Waals surface area contributed by atoms with Crippen molar-refractivity contribution in [3.8, 4) is 5.75 Å². The molecule has 1 aliphatic heterocycles. The summed E-state index contributed by atoms with van der Waals surface area (Å²) in [7, 11) is 0. The van der Waals surface area contributed by atoms with E-state index in [1.54, 1.807) is 13.0 Å². The minimum Gasteiger partial charge on any atom is -0.494 e. The Bertz CT molecular complexity index is 520. The highest BCUT2D eigenvalue weighted by Gasteiger charge is 2.31. The Labute approximate surface area is 111 Å². The number of hydrogen-bond donors (Lipinski definition) is 1. The van der Waals surface area contributed by atoms with Crippen LogP contribution in [0.2, 0.25) is 0 Å². The van der Waals surface area contributed by atoms with Crippen LogP contribution in [0, 0.1) is 0 Å². The molecule has 1 aromatic carbocycles. The summed E-state index contributed by atoms with van der Waals surface area (Å²) in [5.41, 5.74) is 1.14. The normalized spacial score (nSPS) is 16.9. The first-order valence-electron chi connectivity index (χ1n) is 6.23. The Kier molecular flexibility index (Phi) is 3.85. The first kappa shape index (κ1) is 13.1. The summed E-state index contributed by atoms with van der Waals surface area (Å²) in [6.45, 7) is 4.66. The summed E-state index contributed by atoms with van der Waals surface area (Å²) in [6, 6.07) is 6.96. The second kappa shape index (κ2) is 5.56. The Balaban J connectivity index is 2.18. The molecule has 1 N–H and O–H groups in total. The summed E-state index contributed by atoms with van der Waals surface area (Å²) in [5.74, 6) is 0.489. The first-order valence-corrected chi connectivity index (χ1v) is 6.23. The number of nitrogens with one attached hydrogen (secondary N) is 1. The van der Waals surface area contributed by atoms with Gasteiger partial charge in [-0.3, -0.25) is 9.69 Å². The van der Waals surface area contributed by atoms with Crippen molar-refractivity contribution >= 4 is 18.0 Å². The number of benzene rings is 1. The van der Waals surface area contributed by atoms with E-state index in [0.717, 1.165) is 11.3 Å². The Morgan fingerprint density at radius 1 is 1.21 bits per heavy atom. The van der Waals surface area contributed by atoms with Crippen LogP contribution in [0.3, 0.4) is 0 Å². The van der Waals surface area contributed by atoms with Crippen molar-refractivity contribution in [1.29, 1.82) is 0 Å². The zero-order valence-electron chi connectivity index (χ0n) is 11.0. The predicted octanol–water partition coefficient (Wildman–Crippen LogP) is 2.00. The average Bonchev–Trinajstić information content (AvgIpc) is 2.67. The zero-order chi connectivity index (χ0) is 13.8. The Hall–Kier alpha value is -2.30. The van der Waals surface area contributed by atoms with E-state index < -0.39 is 0 Å². The highest BCUT2D eigenvalue weighted by atomic mass is 16.5. The molecule has 2 rings (SSSR count). The SMILES string of the molecule is CCOc1ccc(/C=C2/NC(=O)N(CC)C2=O)cc1. The lowest BCUT2D eigenvalue weighted by Crippen LogP contribution is -2.30. The van der Waals surface area contributed by atoms with Gasteiger partial charge in [-0.25, -0.2) is 4.79 Å². The van der Waals surface area contributed by atoms with Crippen molar-refractivity contribution in [3.63, 3.8) is 0 Å². The monoisotopic (exact) mass is 260 g/mol. The molecule has 1 aromatic rings. The van der Waals surface area contributed by atoms with Gasteiger partial charge in [0.05, 0.1) is 6.61 Å². The van der Waals surface area contributed by atoms with Crippen molar-refractivity contribution in [2.24, 2.45) is 0 Å². The van der Waals surface area contributed by atoms with Crippen LogP contribution in [0.5, 0.6) is 5.75 Å². The van der Waals surface area contributed by atoms with E-state index in [0.29, 0.717) is 18.8 Å². The van der Waals surface area contributed by atoms with E-state index in [-0.39, 0.29) is 11.9 Å². The number of likely N-dealkylation sites (N-methyl/N-ethyl adjacent to an activating group) is 1. The molecular formula is C14H16N2O3. The van der Waals surface area contributed by atoms with Gasteiger partial charge in [-0.15, -0.1) is 0 Å². The van der Waals surface area contributed by atoms with Gasteiger partial charge >= 0.3 is 6.03 Å². The molecule has 19 heavy (non-hydrogen) atoms. The number of rotatable bonds is 4. The second-order valence-corrected chi connectivity index (χ2v) is 4.04. The molecule has 0 atom stereocenters. The average molecular weight is 260 g/mol. The number of ether oxygens (including phenoxy) is 1. The molecular weight excluding hydrogens is 244 g/mol. The van der Waals surface area contributed by atoms with Crippen LogP contribution in [0.4, 0.5) is 4.79 Å². The van der Waals surface area contributed by atoms with Crippen LogP contribution >= 0.6 is 0 Å². The number of carbonyl (C=O) groups is 2. The Morgan fingerprint density at radius 3 is 2.42 bits per heavy atom. The van der Waals surface area contributed by atoms with E-state index in [2.05, 4.69) is 5.32 Å². The molecule has 0 bridgehead atoms. The molecule has 5 nitrogen and oxygen atoms in total. The van der Waals surface area contributed by atoms with Crippen molar-refractivity contribution in [3.05, 3.63) is 35.5 Å². The third-order valence-electron chi connectivity index (χ3n) is 2.78. The van der Waals surface area contributed by atoms with Gasteiger partial charge in [0.1, 0.15) is 11.4 Å². The molecule has 1 fully saturated rings. The van der Waals surface area contributed by atoms with Crippen LogP contribution in [0.1, 0.15) is 19.4 Å². The first-order chi connectivity index (χ1) is 9.15. The van der Waals surface area contributed by atoms with Gasteiger partial charge in [-0.05, 0) is 37.6 Å².